The van der Waals surface area contributed by atoms with Gasteiger partial charge < -0.3 is 9.73 Å². The Kier molecular flexibility index (Phi) is 7.30. The molecule has 31 heavy (non-hydrogen) atoms. The molecule has 0 saturated heterocycles. The maximum absolute atomic E-state index is 13.0. The van der Waals surface area contributed by atoms with Gasteiger partial charge in [-0.25, -0.2) is 13.2 Å². The van der Waals surface area contributed by atoms with Crippen LogP contribution in [0.1, 0.15) is 12.0 Å². The largest absolute Gasteiger partial charge is 0.419 e. The van der Waals surface area contributed by atoms with Crippen molar-refractivity contribution >= 4 is 60.4 Å². The van der Waals surface area contributed by atoms with Crippen molar-refractivity contribution in [2.75, 3.05) is 17.3 Å². The number of aryl methyl sites for hydroxylation is 2. The van der Waals surface area contributed by atoms with E-state index < -0.39 is 27.7 Å². The molecule has 0 saturated carbocycles. The Hall–Kier alpha value is -2.08. The molecule has 1 amide bonds. The van der Waals surface area contributed by atoms with Gasteiger partial charge in [-0.15, -0.1) is 0 Å². The smallest absolute Gasteiger partial charge is 0.408 e. The highest BCUT2D eigenvalue weighted by Gasteiger charge is 2.26. The molecule has 2 aromatic carbocycles. The van der Waals surface area contributed by atoms with Gasteiger partial charge in [-0.2, -0.15) is 16.5 Å². The molecule has 0 fully saturated rings. The van der Waals surface area contributed by atoms with Crippen LogP contribution in [0.3, 0.4) is 0 Å². The summed E-state index contributed by atoms with van der Waals surface area (Å²) < 4.78 is 35.7. The molecule has 8 nitrogen and oxygen atoms in total. The zero-order valence-corrected chi connectivity index (χ0v) is 20.4. The molecule has 0 unspecified atom stereocenters. The second kappa shape index (κ2) is 9.60. The summed E-state index contributed by atoms with van der Waals surface area (Å²) in [4.78, 5) is 24.5. The molecule has 1 aromatic heterocycles. The van der Waals surface area contributed by atoms with Gasteiger partial charge in [-0.3, -0.25) is 9.36 Å². The van der Waals surface area contributed by atoms with Crippen LogP contribution in [-0.2, 0) is 21.9 Å². The van der Waals surface area contributed by atoms with Gasteiger partial charge in [0.05, 0.1) is 10.4 Å². The van der Waals surface area contributed by atoms with Gasteiger partial charge in [0.25, 0.3) is 0 Å². The van der Waals surface area contributed by atoms with Gasteiger partial charge in [0.15, 0.2) is 5.58 Å². The molecule has 1 heterocycles. The van der Waals surface area contributed by atoms with E-state index in [-0.39, 0.29) is 10.5 Å². The average Bonchev–Trinajstić information content (AvgIpc) is 3.01. The van der Waals surface area contributed by atoms with Crippen molar-refractivity contribution in [3.05, 3.63) is 57.0 Å². The number of nitrogens with zero attached hydrogens (tertiary/aromatic N) is 1. The number of sulfonamides is 1. The fourth-order valence-electron chi connectivity index (χ4n) is 2.97. The summed E-state index contributed by atoms with van der Waals surface area (Å²) in [6, 6.07) is 8.53. The van der Waals surface area contributed by atoms with E-state index in [0.29, 0.717) is 23.4 Å². The van der Waals surface area contributed by atoms with Gasteiger partial charge in [-0.05, 0) is 61.2 Å². The topological polar surface area (TPSA) is 110 Å². The van der Waals surface area contributed by atoms with Crippen molar-refractivity contribution in [1.82, 2.24) is 9.29 Å². The quantitative estimate of drug-likeness (QED) is 0.465. The monoisotopic (exact) mass is 527 g/mol. The number of carbonyl (C=O) groups is 1. The van der Waals surface area contributed by atoms with E-state index in [1.807, 2.05) is 19.2 Å². The first-order valence-corrected chi connectivity index (χ1v) is 13.0. The molecule has 0 aliphatic carbocycles. The lowest BCUT2D eigenvalue weighted by Crippen LogP contribution is -2.44. The van der Waals surface area contributed by atoms with Gasteiger partial charge in [-0.1, -0.05) is 15.9 Å². The van der Waals surface area contributed by atoms with Gasteiger partial charge in [0.1, 0.15) is 6.04 Å². The van der Waals surface area contributed by atoms with E-state index >= 15 is 0 Å². The zero-order chi connectivity index (χ0) is 22.8. The molecule has 1 atom stereocenters. The van der Waals surface area contributed by atoms with Gasteiger partial charge >= 0.3 is 5.76 Å². The van der Waals surface area contributed by atoms with Gasteiger partial charge in [0, 0.05) is 23.3 Å². The van der Waals surface area contributed by atoms with Crippen LogP contribution in [0.25, 0.3) is 11.1 Å². The molecule has 0 aliphatic heterocycles. The second-order valence-electron chi connectivity index (χ2n) is 6.97. The lowest BCUT2D eigenvalue weighted by atomic mass is 10.2. The summed E-state index contributed by atoms with van der Waals surface area (Å²) in [6.07, 6.45) is 2.19. The number of oxazole rings is 1. The highest BCUT2D eigenvalue weighted by Crippen LogP contribution is 2.21. The number of thioether (sulfide) groups is 1. The van der Waals surface area contributed by atoms with Crippen LogP contribution in [0.15, 0.2) is 55.0 Å². The number of anilines is 1. The summed E-state index contributed by atoms with van der Waals surface area (Å²) >= 11 is 4.92. The number of amides is 1. The van der Waals surface area contributed by atoms with E-state index in [4.69, 9.17) is 4.42 Å². The number of hydrogen-bond acceptors (Lipinski definition) is 6. The Balaban J connectivity index is 1.85. The predicted octanol–water partition coefficient (Wildman–Crippen LogP) is 3.24. The Morgan fingerprint density at radius 2 is 2.00 bits per heavy atom. The minimum Gasteiger partial charge on any atom is -0.408 e. The van der Waals surface area contributed by atoms with Crippen LogP contribution < -0.4 is 15.8 Å². The van der Waals surface area contributed by atoms with Crippen molar-refractivity contribution in [3.63, 3.8) is 0 Å². The normalized spacial score (nSPS) is 12.8. The van der Waals surface area contributed by atoms with E-state index in [1.165, 1.54) is 41.6 Å². The van der Waals surface area contributed by atoms with Gasteiger partial charge in [0.2, 0.25) is 15.9 Å². The Morgan fingerprint density at radius 1 is 1.26 bits per heavy atom. The molecule has 3 rings (SSSR count). The average molecular weight is 528 g/mol. The van der Waals surface area contributed by atoms with Crippen LogP contribution in [0.4, 0.5) is 5.69 Å². The van der Waals surface area contributed by atoms with Crippen LogP contribution in [0, 0.1) is 6.92 Å². The molecule has 0 aliphatic rings. The Morgan fingerprint density at radius 3 is 2.68 bits per heavy atom. The summed E-state index contributed by atoms with van der Waals surface area (Å²) in [7, 11) is -2.50. The summed E-state index contributed by atoms with van der Waals surface area (Å²) in [5, 5.41) is 2.77. The van der Waals surface area contributed by atoms with Crippen LogP contribution >= 0.6 is 27.7 Å². The summed E-state index contributed by atoms with van der Waals surface area (Å²) in [5.74, 6) is -0.446. The van der Waals surface area contributed by atoms with Crippen molar-refractivity contribution in [2.45, 2.75) is 24.3 Å². The number of hydrogen-bond donors (Lipinski definition) is 2. The summed E-state index contributed by atoms with van der Waals surface area (Å²) in [6.45, 7) is 1.89. The van der Waals surface area contributed by atoms with E-state index in [1.54, 1.807) is 12.1 Å². The summed E-state index contributed by atoms with van der Waals surface area (Å²) in [5.41, 5.74) is 2.15. The molecule has 166 valence electrons. The predicted molar refractivity (Wildman–Crippen MR) is 126 cm³/mol. The number of fused-ring (bicyclic) bond motifs is 1. The second-order valence-corrected chi connectivity index (χ2v) is 10.5. The first-order valence-electron chi connectivity index (χ1n) is 9.30. The zero-order valence-electron chi connectivity index (χ0n) is 17.1. The maximum Gasteiger partial charge on any atom is 0.419 e. The van der Waals surface area contributed by atoms with E-state index in [2.05, 4.69) is 26.0 Å². The number of rotatable bonds is 8. The Bertz CT molecular complexity index is 1280. The number of halogens is 1. The molecule has 0 spiro atoms. The minimum atomic E-state index is -4.04. The maximum atomic E-state index is 13.0. The van der Waals surface area contributed by atoms with Crippen molar-refractivity contribution in [2.24, 2.45) is 7.05 Å². The van der Waals surface area contributed by atoms with Crippen molar-refractivity contribution < 1.29 is 17.6 Å². The lowest BCUT2D eigenvalue weighted by Gasteiger charge is -2.18. The minimum absolute atomic E-state index is 0.0872. The van der Waals surface area contributed by atoms with Crippen molar-refractivity contribution in [3.8, 4) is 0 Å². The highest BCUT2D eigenvalue weighted by molar-refractivity contribution is 9.10. The van der Waals surface area contributed by atoms with E-state index in [0.717, 1.165) is 10.0 Å². The molecule has 2 N–H and O–H groups in total. The lowest BCUT2D eigenvalue weighted by molar-refractivity contribution is -0.117. The fraction of sp³-hybridized carbons (Fsp3) is 0.300. The highest BCUT2D eigenvalue weighted by atomic mass is 79.9. The number of benzene rings is 2. The van der Waals surface area contributed by atoms with Crippen LogP contribution in [0.2, 0.25) is 0 Å². The molecular formula is C20H22BrN3O5S2. The van der Waals surface area contributed by atoms with E-state index in [9.17, 15) is 18.0 Å². The fourth-order valence-corrected chi connectivity index (χ4v) is 4.93. The first kappa shape index (κ1) is 23.6. The number of nitrogens with one attached hydrogen (secondary N) is 2. The van der Waals surface area contributed by atoms with Crippen LogP contribution in [0.5, 0.6) is 0 Å². The third kappa shape index (κ3) is 5.40. The third-order valence-corrected chi connectivity index (χ3v) is 7.73. The molecule has 0 bridgehead atoms. The standard InChI is InChI=1S/C20H22BrN3O5S2/c1-12-10-13(4-6-15(12)21)22-19(25)16(8-9-30-3)23-31(27,28)14-5-7-17-18(11-14)29-20(26)24(17)2/h4-7,10-11,16,23H,8-9H2,1-3H3,(H,22,25)/t16-/m1/s1. The first-order chi connectivity index (χ1) is 14.6. The molecule has 11 heteroatoms. The molecule has 3 aromatic rings. The van der Waals surface area contributed by atoms with Crippen molar-refractivity contribution in [1.29, 1.82) is 0 Å². The van der Waals surface area contributed by atoms with Crippen LogP contribution in [-0.4, -0.2) is 36.9 Å². The number of carbonyl (C=O) groups excluding carboxylic acids is 1. The SMILES string of the molecule is CSCC[C@@H](NS(=O)(=O)c1ccc2c(c1)oc(=O)n2C)C(=O)Nc1ccc(Br)c(C)c1. The number of aromatic nitrogens is 1. The third-order valence-electron chi connectivity index (χ3n) is 4.72. The molecule has 0 radical (unpaired) electrons. The molecular weight excluding hydrogens is 506 g/mol. The Labute approximate surface area is 192 Å².